The molecule has 0 spiro atoms. The predicted molar refractivity (Wildman–Crippen MR) is 70.5 cm³/mol. The number of hydrogen-bond acceptors (Lipinski definition) is 3. The number of hydrogen-bond donors (Lipinski definition) is 2. The fraction of sp³-hybridized carbons (Fsp3) is 0.0714. The fourth-order valence-electron chi connectivity index (χ4n) is 1.62. The number of anilines is 3. The largest absolute Gasteiger partial charge is 0.397 e. The molecule has 92 valence electrons. The van der Waals surface area contributed by atoms with Gasteiger partial charge in [-0.3, -0.25) is 4.79 Å². The standard InChI is InChI=1S/C14H13FN2O/c1-9(18)10-5-6-14(13(16)7-10)17-12-4-2-3-11(15)8-12/h2-8,17H,16H2,1H3. The van der Waals surface area contributed by atoms with Crippen LogP contribution in [0.4, 0.5) is 21.5 Å². The molecule has 2 aromatic carbocycles. The number of halogens is 1. The zero-order valence-corrected chi connectivity index (χ0v) is 9.91. The molecular formula is C14H13FN2O. The van der Waals surface area contributed by atoms with Crippen LogP contribution in [0.1, 0.15) is 17.3 Å². The minimum Gasteiger partial charge on any atom is -0.397 e. The number of nitrogen functional groups attached to an aromatic ring is 1. The van der Waals surface area contributed by atoms with Gasteiger partial charge >= 0.3 is 0 Å². The van der Waals surface area contributed by atoms with Crippen molar-refractivity contribution in [1.29, 1.82) is 0 Å². The summed E-state index contributed by atoms with van der Waals surface area (Å²) in [5, 5.41) is 3.00. The second-order valence-electron chi connectivity index (χ2n) is 3.99. The van der Waals surface area contributed by atoms with Crippen molar-refractivity contribution in [3.63, 3.8) is 0 Å². The Morgan fingerprint density at radius 2 is 2.00 bits per heavy atom. The molecule has 3 nitrogen and oxygen atoms in total. The first-order valence-electron chi connectivity index (χ1n) is 5.49. The van der Waals surface area contributed by atoms with E-state index in [1.807, 2.05) is 0 Å². The van der Waals surface area contributed by atoms with E-state index in [0.29, 0.717) is 22.6 Å². The molecule has 0 bridgehead atoms. The second kappa shape index (κ2) is 4.87. The lowest BCUT2D eigenvalue weighted by molar-refractivity contribution is 0.101. The molecule has 0 fully saturated rings. The van der Waals surface area contributed by atoms with Crippen LogP contribution < -0.4 is 11.1 Å². The maximum Gasteiger partial charge on any atom is 0.159 e. The van der Waals surface area contributed by atoms with Crippen molar-refractivity contribution < 1.29 is 9.18 Å². The quantitative estimate of drug-likeness (QED) is 0.643. The van der Waals surface area contributed by atoms with Crippen LogP contribution in [-0.4, -0.2) is 5.78 Å². The lowest BCUT2D eigenvalue weighted by Crippen LogP contribution is -2.00. The molecule has 0 aromatic heterocycles. The molecule has 0 atom stereocenters. The van der Waals surface area contributed by atoms with Gasteiger partial charge in [-0.1, -0.05) is 6.07 Å². The molecule has 0 amide bonds. The molecule has 0 aliphatic carbocycles. The molecule has 18 heavy (non-hydrogen) atoms. The maximum atomic E-state index is 13.0. The summed E-state index contributed by atoms with van der Waals surface area (Å²) in [6.07, 6.45) is 0. The summed E-state index contributed by atoms with van der Waals surface area (Å²) in [6, 6.07) is 11.1. The van der Waals surface area contributed by atoms with Crippen LogP contribution in [0.15, 0.2) is 42.5 Å². The summed E-state index contributed by atoms with van der Waals surface area (Å²) in [6.45, 7) is 1.48. The third kappa shape index (κ3) is 2.66. The first-order chi connectivity index (χ1) is 8.56. The summed E-state index contributed by atoms with van der Waals surface area (Å²) in [5.41, 5.74) is 8.09. The Hall–Kier alpha value is -2.36. The fourth-order valence-corrected chi connectivity index (χ4v) is 1.62. The summed E-state index contributed by atoms with van der Waals surface area (Å²) in [5.74, 6) is -0.363. The van der Waals surface area contributed by atoms with Gasteiger partial charge in [-0.05, 0) is 43.3 Å². The number of benzene rings is 2. The van der Waals surface area contributed by atoms with Crippen LogP contribution in [0.2, 0.25) is 0 Å². The third-order valence-electron chi connectivity index (χ3n) is 2.56. The van der Waals surface area contributed by atoms with E-state index in [-0.39, 0.29) is 11.6 Å². The lowest BCUT2D eigenvalue weighted by atomic mass is 10.1. The van der Waals surface area contributed by atoms with Crippen molar-refractivity contribution in [3.8, 4) is 0 Å². The van der Waals surface area contributed by atoms with Crippen LogP contribution in [0.5, 0.6) is 0 Å². The van der Waals surface area contributed by atoms with Crippen molar-refractivity contribution in [2.45, 2.75) is 6.92 Å². The van der Waals surface area contributed by atoms with Crippen LogP contribution >= 0.6 is 0 Å². The average molecular weight is 244 g/mol. The van der Waals surface area contributed by atoms with E-state index in [2.05, 4.69) is 5.32 Å². The zero-order chi connectivity index (χ0) is 13.1. The summed E-state index contributed by atoms with van der Waals surface area (Å²) >= 11 is 0. The molecule has 0 aliphatic heterocycles. The number of nitrogens with two attached hydrogens (primary N) is 1. The van der Waals surface area contributed by atoms with E-state index in [4.69, 9.17) is 5.73 Å². The van der Waals surface area contributed by atoms with Crippen molar-refractivity contribution in [1.82, 2.24) is 0 Å². The van der Waals surface area contributed by atoms with E-state index in [0.717, 1.165) is 0 Å². The van der Waals surface area contributed by atoms with Crippen LogP contribution in [0.3, 0.4) is 0 Å². The minimum atomic E-state index is -0.320. The Morgan fingerprint density at radius 1 is 1.22 bits per heavy atom. The van der Waals surface area contributed by atoms with Gasteiger partial charge in [-0.2, -0.15) is 0 Å². The second-order valence-corrected chi connectivity index (χ2v) is 3.99. The van der Waals surface area contributed by atoms with Crippen LogP contribution in [0.25, 0.3) is 0 Å². The first kappa shape index (κ1) is 12.1. The van der Waals surface area contributed by atoms with Crippen molar-refractivity contribution in [2.75, 3.05) is 11.1 Å². The summed E-state index contributed by atoms with van der Waals surface area (Å²) in [7, 11) is 0. The summed E-state index contributed by atoms with van der Waals surface area (Å²) < 4.78 is 13.0. The Balaban J connectivity index is 2.27. The highest BCUT2D eigenvalue weighted by atomic mass is 19.1. The third-order valence-corrected chi connectivity index (χ3v) is 2.56. The molecule has 2 aromatic rings. The molecule has 0 aliphatic rings. The number of rotatable bonds is 3. The highest BCUT2D eigenvalue weighted by molar-refractivity contribution is 5.96. The van der Waals surface area contributed by atoms with E-state index < -0.39 is 0 Å². The maximum absolute atomic E-state index is 13.0. The summed E-state index contributed by atoms with van der Waals surface area (Å²) in [4.78, 5) is 11.2. The van der Waals surface area contributed by atoms with E-state index in [1.165, 1.54) is 19.1 Å². The smallest absolute Gasteiger partial charge is 0.159 e. The van der Waals surface area contributed by atoms with E-state index in [1.54, 1.807) is 30.3 Å². The minimum absolute atomic E-state index is 0.0426. The van der Waals surface area contributed by atoms with Crippen molar-refractivity contribution in [2.24, 2.45) is 0 Å². The normalized spacial score (nSPS) is 10.1. The predicted octanol–water partition coefficient (Wildman–Crippen LogP) is 3.35. The van der Waals surface area contributed by atoms with Crippen LogP contribution in [-0.2, 0) is 0 Å². The first-order valence-corrected chi connectivity index (χ1v) is 5.49. The van der Waals surface area contributed by atoms with Gasteiger partial charge in [0.05, 0.1) is 11.4 Å². The van der Waals surface area contributed by atoms with Gasteiger partial charge in [0.15, 0.2) is 5.78 Å². The topological polar surface area (TPSA) is 55.1 Å². The monoisotopic (exact) mass is 244 g/mol. The lowest BCUT2D eigenvalue weighted by Gasteiger charge is -2.10. The highest BCUT2D eigenvalue weighted by Crippen LogP contribution is 2.24. The highest BCUT2D eigenvalue weighted by Gasteiger charge is 2.04. The molecule has 0 saturated carbocycles. The Morgan fingerprint density at radius 3 is 2.61 bits per heavy atom. The molecule has 0 unspecified atom stereocenters. The van der Waals surface area contributed by atoms with Gasteiger partial charge in [0, 0.05) is 11.3 Å². The van der Waals surface area contributed by atoms with Gasteiger partial charge in [-0.25, -0.2) is 4.39 Å². The van der Waals surface area contributed by atoms with Crippen LogP contribution in [0, 0.1) is 5.82 Å². The molecular weight excluding hydrogens is 231 g/mol. The van der Waals surface area contributed by atoms with Gasteiger partial charge < -0.3 is 11.1 Å². The molecule has 4 heteroatoms. The van der Waals surface area contributed by atoms with Gasteiger partial charge in [0.1, 0.15) is 5.82 Å². The number of carbonyl (C=O) groups excluding carboxylic acids is 1. The van der Waals surface area contributed by atoms with Crippen molar-refractivity contribution >= 4 is 22.8 Å². The number of Topliss-reactive ketones (excluding diaryl/α,β-unsaturated/α-hetero) is 1. The number of carbonyl (C=O) groups is 1. The zero-order valence-electron chi connectivity index (χ0n) is 9.91. The Labute approximate surface area is 104 Å². The molecule has 2 rings (SSSR count). The Kier molecular flexibility index (Phi) is 3.28. The van der Waals surface area contributed by atoms with Gasteiger partial charge in [0.25, 0.3) is 0 Å². The SMILES string of the molecule is CC(=O)c1ccc(Nc2cccc(F)c2)c(N)c1. The van der Waals surface area contributed by atoms with Gasteiger partial charge in [0.2, 0.25) is 0 Å². The average Bonchev–Trinajstić information content (AvgIpc) is 2.31. The van der Waals surface area contributed by atoms with E-state index >= 15 is 0 Å². The Bertz CT molecular complexity index is 596. The van der Waals surface area contributed by atoms with Crippen molar-refractivity contribution in [3.05, 3.63) is 53.8 Å². The van der Waals surface area contributed by atoms with E-state index in [9.17, 15) is 9.18 Å². The number of nitrogens with one attached hydrogen (secondary N) is 1. The molecule has 0 saturated heterocycles. The molecule has 0 radical (unpaired) electrons. The molecule has 0 heterocycles. The van der Waals surface area contributed by atoms with Gasteiger partial charge in [-0.15, -0.1) is 0 Å². The number of ketones is 1. The molecule has 3 N–H and O–H groups in total.